The number of benzene rings is 1. The van der Waals surface area contributed by atoms with E-state index in [1.54, 1.807) is 0 Å². The minimum Gasteiger partial charge on any atom is -0.472 e. The Morgan fingerprint density at radius 2 is 2.00 bits per heavy atom. The Labute approximate surface area is 241 Å². The lowest BCUT2D eigenvalue weighted by atomic mass is 10.0. The maximum Gasteiger partial charge on any atom is 0.421 e. The molecule has 5 heterocycles. The molecule has 10 nitrogen and oxygen atoms in total. The van der Waals surface area contributed by atoms with Crippen LogP contribution < -0.4 is 10.5 Å². The van der Waals surface area contributed by atoms with Gasteiger partial charge in [0, 0.05) is 36.3 Å². The summed E-state index contributed by atoms with van der Waals surface area (Å²) in [6.07, 6.45) is -3.55. The molecule has 2 N–H and O–H groups in total. The van der Waals surface area contributed by atoms with Gasteiger partial charge in [-0.25, -0.2) is 14.4 Å². The molecule has 42 heavy (non-hydrogen) atoms. The van der Waals surface area contributed by atoms with Gasteiger partial charge >= 0.3 is 6.18 Å². The Kier molecular flexibility index (Phi) is 7.45. The fourth-order valence-corrected chi connectivity index (χ4v) is 5.13. The zero-order chi connectivity index (χ0) is 29.6. The lowest BCUT2D eigenvalue weighted by Crippen LogP contribution is -2.34. The van der Waals surface area contributed by atoms with Crippen LogP contribution in [0, 0.1) is 5.82 Å². The number of pyridine rings is 1. The molecule has 0 bridgehead atoms. The van der Waals surface area contributed by atoms with E-state index in [-0.39, 0.29) is 28.9 Å². The van der Waals surface area contributed by atoms with E-state index in [2.05, 4.69) is 20.2 Å². The number of carbonyl (C=O) groups is 1. The first kappa shape index (κ1) is 28.2. The van der Waals surface area contributed by atoms with Crippen molar-refractivity contribution >= 4 is 28.7 Å². The highest BCUT2D eigenvalue weighted by atomic mass is 35.5. The number of aromatic nitrogens is 5. The van der Waals surface area contributed by atoms with Gasteiger partial charge in [-0.3, -0.25) is 9.69 Å². The number of fused-ring (bicyclic) bond motifs is 2. The number of alkyl halides is 3. The molecule has 1 aromatic carbocycles. The molecular weight excluding hydrogens is 582 g/mol. The molecule has 0 radical (unpaired) electrons. The van der Waals surface area contributed by atoms with Gasteiger partial charge in [-0.1, -0.05) is 17.7 Å². The third-order valence-electron chi connectivity index (χ3n) is 7.28. The maximum atomic E-state index is 14.2. The molecule has 0 unspecified atom stereocenters. The molecule has 1 atom stereocenters. The molecular formula is C27H24ClF4N7O3. The highest BCUT2D eigenvalue weighted by Crippen LogP contribution is 2.38. The van der Waals surface area contributed by atoms with Crippen LogP contribution in [-0.4, -0.2) is 54.8 Å². The van der Waals surface area contributed by atoms with Crippen LogP contribution in [0.15, 0.2) is 30.3 Å². The summed E-state index contributed by atoms with van der Waals surface area (Å²) in [5.41, 5.74) is 6.17. The van der Waals surface area contributed by atoms with E-state index in [1.165, 1.54) is 18.2 Å². The summed E-state index contributed by atoms with van der Waals surface area (Å²) in [6, 6.07) is 6.37. The molecule has 0 spiro atoms. The van der Waals surface area contributed by atoms with E-state index < -0.39 is 36.0 Å². The molecule has 0 aliphatic carbocycles. The lowest BCUT2D eigenvalue weighted by Gasteiger charge is -2.30. The average Bonchev–Trinajstić information content (AvgIpc) is 3.24. The van der Waals surface area contributed by atoms with E-state index in [1.807, 2.05) is 9.47 Å². The van der Waals surface area contributed by atoms with Gasteiger partial charge in [0.05, 0.1) is 24.9 Å². The molecule has 15 heteroatoms. The lowest BCUT2D eigenvalue weighted by molar-refractivity contribution is -0.139. The Balaban J connectivity index is 1.27. The van der Waals surface area contributed by atoms with Crippen LogP contribution in [0.2, 0.25) is 5.02 Å². The second kappa shape index (κ2) is 11.1. The molecule has 2 aliphatic rings. The van der Waals surface area contributed by atoms with Crippen molar-refractivity contribution in [1.82, 2.24) is 29.6 Å². The summed E-state index contributed by atoms with van der Waals surface area (Å²) < 4.78 is 68.9. The van der Waals surface area contributed by atoms with Crippen molar-refractivity contribution < 1.29 is 31.8 Å². The fourth-order valence-electron chi connectivity index (χ4n) is 4.97. The third-order valence-corrected chi connectivity index (χ3v) is 7.52. The van der Waals surface area contributed by atoms with E-state index in [4.69, 9.17) is 26.8 Å². The first-order chi connectivity index (χ1) is 20.0. The van der Waals surface area contributed by atoms with E-state index in [9.17, 15) is 22.4 Å². The molecule has 1 fully saturated rings. The predicted octanol–water partition coefficient (Wildman–Crippen LogP) is 4.06. The van der Waals surface area contributed by atoms with Gasteiger partial charge in [-0.15, -0.1) is 10.2 Å². The van der Waals surface area contributed by atoms with Gasteiger partial charge in [0.15, 0.2) is 11.3 Å². The number of imidazole rings is 1. The smallest absolute Gasteiger partial charge is 0.421 e. The number of hydrogen-bond acceptors (Lipinski definition) is 8. The van der Waals surface area contributed by atoms with Crippen molar-refractivity contribution in [2.45, 2.75) is 51.4 Å². The van der Waals surface area contributed by atoms with Crippen molar-refractivity contribution in [3.8, 4) is 5.88 Å². The van der Waals surface area contributed by atoms with Crippen molar-refractivity contribution in [3.05, 3.63) is 75.1 Å². The quantitative estimate of drug-likeness (QED) is 0.299. The number of rotatable bonds is 8. The summed E-state index contributed by atoms with van der Waals surface area (Å²) >= 11 is 5.77. The average molecular weight is 606 g/mol. The Morgan fingerprint density at radius 3 is 2.69 bits per heavy atom. The van der Waals surface area contributed by atoms with Crippen LogP contribution in [-0.2, 0) is 43.6 Å². The SMILES string of the molecule is NC(=O)c1cc2nc(CN3CCc4cc(C(F)(F)F)c(OCc5ccc(Cl)cc5F)nc4C3)n(C[C@@H]3CCO3)c2nn1. The highest BCUT2D eigenvalue weighted by Gasteiger charge is 2.37. The first-order valence-electron chi connectivity index (χ1n) is 13.1. The molecule has 6 rings (SSSR count). The minimum atomic E-state index is -4.72. The molecule has 1 amide bonds. The Morgan fingerprint density at radius 1 is 1.19 bits per heavy atom. The monoisotopic (exact) mass is 605 g/mol. The van der Waals surface area contributed by atoms with Crippen LogP contribution in [0.25, 0.3) is 11.2 Å². The number of amides is 1. The van der Waals surface area contributed by atoms with Crippen molar-refractivity contribution in [1.29, 1.82) is 0 Å². The number of primary amides is 1. The Hall–Kier alpha value is -3.88. The van der Waals surface area contributed by atoms with Crippen molar-refractivity contribution in [2.75, 3.05) is 13.2 Å². The third kappa shape index (κ3) is 5.74. The van der Waals surface area contributed by atoms with Crippen LogP contribution >= 0.6 is 11.6 Å². The second-order valence-corrected chi connectivity index (χ2v) is 10.6. The molecule has 3 aromatic heterocycles. The van der Waals surface area contributed by atoms with Gasteiger partial charge in [0.25, 0.3) is 5.91 Å². The summed E-state index contributed by atoms with van der Waals surface area (Å²) in [5.74, 6) is -1.41. The largest absolute Gasteiger partial charge is 0.472 e. The van der Waals surface area contributed by atoms with Gasteiger partial charge in [0.1, 0.15) is 29.3 Å². The van der Waals surface area contributed by atoms with Crippen molar-refractivity contribution in [3.63, 3.8) is 0 Å². The molecule has 2 aliphatic heterocycles. The van der Waals surface area contributed by atoms with E-state index >= 15 is 0 Å². The number of nitrogens with zero attached hydrogens (tertiary/aromatic N) is 6. The highest BCUT2D eigenvalue weighted by molar-refractivity contribution is 6.30. The number of halogens is 5. The van der Waals surface area contributed by atoms with Crippen LogP contribution in [0.4, 0.5) is 17.6 Å². The van der Waals surface area contributed by atoms with E-state index in [0.29, 0.717) is 60.9 Å². The number of ether oxygens (including phenoxy) is 2. The first-order valence-corrected chi connectivity index (χ1v) is 13.5. The Bertz CT molecular complexity index is 1680. The topological polar surface area (TPSA) is 121 Å². The molecule has 0 saturated carbocycles. The van der Waals surface area contributed by atoms with Gasteiger partial charge in [-0.2, -0.15) is 13.2 Å². The van der Waals surface area contributed by atoms with Gasteiger partial charge in [-0.05, 0) is 36.6 Å². The molecule has 4 aromatic rings. The van der Waals surface area contributed by atoms with Crippen LogP contribution in [0.5, 0.6) is 5.88 Å². The van der Waals surface area contributed by atoms with Gasteiger partial charge in [0.2, 0.25) is 5.88 Å². The number of nitrogens with two attached hydrogens (primary N) is 1. The summed E-state index contributed by atoms with van der Waals surface area (Å²) in [4.78, 5) is 22.5. The van der Waals surface area contributed by atoms with Crippen LogP contribution in [0.1, 0.15) is 45.1 Å². The zero-order valence-corrected chi connectivity index (χ0v) is 22.8. The fraction of sp³-hybridized carbons (Fsp3) is 0.370. The van der Waals surface area contributed by atoms with E-state index in [0.717, 1.165) is 18.6 Å². The predicted molar refractivity (Wildman–Crippen MR) is 141 cm³/mol. The second-order valence-electron chi connectivity index (χ2n) is 10.2. The normalized spacial score (nSPS) is 17.2. The zero-order valence-electron chi connectivity index (χ0n) is 22.0. The van der Waals surface area contributed by atoms with Crippen LogP contribution in [0.3, 0.4) is 0 Å². The summed E-state index contributed by atoms with van der Waals surface area (Å²) in [7, 11) is 0. The minimum absolute atomic E-state index is 0.0128. The number of hydrogen-bond donors (Lipinski definition) is 1. The number of carbonyl (C=O) groups excluding carboxylic acids is 1. The summed E-state index contributed by atoms with van der Waals surface area (Å²) in [6.45, 7) is 1.68. The molecule has 1 saturated heterocycles. The maximum absolute atomic E-state index is 14.2. The van der Waals surface area contributed by atoms with Gasteiger partial charge < -0.3 is 19.8 Å². The summed E-state index contributed by atoms with van der Waals surface area (Å²) in [5, 5.41) is 8.24. The van der Waals surface area contributed by atoms with Crippen molar-refractivity contribution in [2.24, 2.45) is 5.73 Å². The standard InChI is InChI=1S/C27H24ClF4N7O3/c28-16-2-1-15(19(29)8-16)13-42-26-18(27(30,31)32)7-14-3-5-38(11-22(14)35-26)12-23-34-21-9-20(24(33)40)36-37-25(21)39(23)10-17-4-6-41-17/h1-2,7-9,17H,3-6,10-13H2,(H2,33,40)/t17-/m0/s1. The molecule has 220 valence electrons.